The van der Waals surface area contributed by atoms with Crippen LogP contribution in [0.3, 0.4) is 0 Å². The van der Waals surface area contributed by atoms with Crippen molar-refractivity contribution >= 4 is 5.91 Å². The summed E-state index contributed by atoms with van der Waals surface area (Å²) in [5, 5.41) is 6.60. The summed E-state index contributed by atoms with van der Waals surface area (Å²) in [4.78, 5) is 14.8. The molecule has 1 amide bonds. The van der Waals surface area contributed by atoms with Crippen molar-refractivity contribution in [1.29, 1.82) is 0 Å². The van der Waals surface area contributed by atoms with E-state index in [0.717, 1.165) is 32.7 Å². The van der Waals surface area contributed by atoms with Gasteiger partial charge in [-0.3, -0.25) is 4.79 Å². The first-order valence-electron chi connectivity index (χ1n) is 7.67. The van der Waals surface area contributed by atoms with Gasteiger partial charge in [-0.05, 0) is 57.8 Å². The Morgan fingerprint density at radius 2 is 2.21 bits per heavy atom. The zero-order valence-electron chi connectivity index (χ0n) is 12.7. The summed E-state index contributed by atoms with van der Waals surface area (Å²) in [7, 11) is 2.15. The largest absolute Gasteiger partial charge is 0.355 e. The van der Waals surface area contributed by atoms with Crippen molar-refractivity contribution in [2.24, 2.45) is 17.3 Å². The molecule has 0 aromatic heterocycles. The Morgan fingerprint density at radius 1 is 1.42 bits per heavy atom. The number of carbonyl (C=O) groups excluding carboxylic acids is 1. The van der Waals surface area contributed by atoms with E-state index >= 15 is 0 Å². The number of hydrogen-bond acceptors (Lipinski definition) is 3. The summed E-state index contributed by atoms with van der Waals surface area (Å²) < 4.78 is 0. The predicted octanol–water partition coefficient (Wildman–Crippen LogP) is 1.08. The van der Waals surface area contributed by atoms with E-state index in [1.54, 1.807) is 0 Å². The molecule has 2 rings (SSSR count). The maximum Gasteiger partial charge on any atom is 0.225 e. The second-order valence-electron chi connectivity index (χ2n) is 6.89. The third-order valence-corrected chi connectivity index (χ3v) is 4.94. The quantitative estimate of drug-likeness (QED) is 0.801. The van der Waals surface area contributed by atoms with Crippen LogP contribution in [-0.2, 0) is 4.79 Å². The number of hydrogen-bond donors (Lipinski definition) is 2. The molecule has 2 aliphatic heterocycles. The standard InChI is InChI=1S/C15H29N3O/c1-15(2,13-5-4-7-16-10-13)14(19)17-9-12-6-8-18(3)11-12/h12-13,16H,4-11H2,1-3H3,(H,17,19). The van der Waals surface area contributed by atoms with Crippen LogP contribution in [0, 0.1) is 17.3 Å². The fourth-order valence-corrected chi connectivity index (χ4v) is 3.31. The Hall–Kier alpha value is -0.610. The van der Waals surface area contributed by atoms with Gasteiger partial charge in [0.25, 0.3) is 0 Å². The third kappa shape index (κ3) is 3.69. The molecule has 2 saturated heterocycles. The average Bonchev–Trinajstić information content (AvgIpc) is 2.82. The van der Waals surface area contributed by atoms with Crippen LogP contribution >= 0.6 is 0 Å². The van der Waals surface area contributed by atoms with Gasteiger partial charge >= 0.3 is 0 Å². The monoisotopic (exact) mass is 267 g/mol. The van der Waals surface area contributed by atoms with Crippen LogP contribution in [0.15, 0.2) is 0 Å². The molecule has 0 aromatic carbocycles. The molecule has 0 radical (unpaired) electrons. The molecule has 0 aliphatic carbocycles. The van der Waals surface area contributed by atoms with Crippen LogP contribution < -0.4 is 10.6 Å². The highest BCUT2D eigenvalue weighted by atomic mass is 16.2. The molecule has 0 bridgehead atoms. The van der Waals surface area contributed by atoms with Gasteiger partial charge in [-0.2, -0.15) is 0 Å². The summed E-state index contributed by atoms with van der Waals surface area (Å²) in [6, 6.07) is 0. The van der Waals surface area contributed by atoms with E-state index in [9.17, 15) is 4.79 Å². The summed E-state index contributed by atoms with van der Waals surface area (Å²) in [6.07, 6.45) is 3.57. The van der Waals surface area contributed by atoms with E-state index in [1.807, 2.05) is 0 Å². The van der Waals surface area contributed by atoms with Crippen molar-refractivity contribution in [2.75, 3.05) is 39.8 Å². The molecule has 2 atom stereocenters. The first-order valence-corrected chi connectivity index (χ1v) is 7.67. The van der Waals surface area contributed by atoms with E-state index < -0.39 is 0 Å². The lowest BCUT2D eigenvalue weighted by atomic mass is 9.74. The summed E-state index contributed by atoms with van der Waals surface area (Å²) in [5.41, 5.74) is -0.252. The molecule has 0 saturated carbocycles. The van der Waals surface area contributed by atoms with Crippen LogP contribution in [0.5, 0.6) is 0 Å². The number of amides is 1. The van der Waals surface area contributed by atoms with Crippen molar-refractivity contribution in [2.45, 2.75) is 33.1 Å². The third-order valence-electron chi connectivity index (χ3n) is 4.94. The lowest BCUT2D eigenvalue weighted by Gasteiger charge is -2.36. The maximum atomic E-state index is 12.4. The predicted molar refractivity (Wildman–Crippen MR) is 78.0 cm³/mol. The van der Waals surface area contributed by atoms with Gasteiger partial charge in [0.1, 0.15) is 0 Å². The molecule has 2 N–H and O–H groups in total. The molecule has 4 heteroatoms. The number of rotatable bonds is 4. The second kappa shape index (κ2) is 6.23. The minimum Gasteiger partial charge on any atom is -0.355 e. The average molecular weight is 267 g/mol. The summed E-state index contributed by atoms with van der Waals surface area (Å²) >= 11 is 0. The van der Waals surface area contributed by atoms with Gasteiger partial charge in [0.15, 0.2) is 0 Å². The van der Waals surface area contributed by atoms with Gasteiger partial charge in [0, 0.05) is 18.5 Å². The Kier molecular flexibility index (Phi) is 4.85. The topological polar surface area (TPSA) is 44.4 Å². The van der Waals surface area contributed by atoms with Gasteiger partial charge < -0.3 is 15.5 Å². The van der Waals surface area contributed by atoms with Crippen LogP contribution in [0.2, 0.25) is 0 Å². The summed E-state index contributed by atoms with van der Waals surface area (Å²) in [5.74, 6) is 1.33. The lowest BCUT2D eigenvalue weighted by molar-refractivity contribution is -0.132. The number of nitrogens with zero attached hydrogens (tertiary/aromatic N) is 1. The Balaban J connectivity index is 1.80. The normalized spacial score (nSPS) is 29.4. The minimum absolute atomic E-state index is 0.232. The first kappa shape index (κ1) is 14.8. The number of piperidine rings is 1. The zero-order valence-corrected chi connectivity index (χ0v) is 12.7. The highest BCUT2D eigenvalue weighted by Crippen LogP contribution is 2.32. The van der Waals surface area contributed by atoms with E-state index in [1.165, 1.54) is 19.3 Å². The SMILES string of the molecule is CN1CCC(CNC(=O)C(C)(C)C2CCCNC2)C1. The van der Waals surface area contributed by atoms with E-state index in [2.05, 4.69) is 36.4 Å². The Morgan fingerprint density at radius 3 is 2.79 bits per heavy atom. The molecular weight excluding hydrogens is 238 g/mol. The minimum atomic E-state index is -0.252. The number of carbonyl (C=O) groups is 1. The highest BCUT2D eigenvalue weighted by molar-refractivity contribution is 5.82. The van der Waals surface area contributed by atoms with Gasteiger partial charge in [-0.15, -0.1) is 0 Å². The molecular formula is C15H29N3O. The fourth-order valence-electron chi connectivity index (χ4n) is 3.31. The van der Waals surface area contributed by atoms with Crippen molar-refractivity contribution in [1.82, 2.24) is 15.5 Å². The smallest absolute Gasteiger partial charge is 0.225 e. The zero-order chi connectivity index (χ0) is 13.9. The maximum absolute atomic E-state index is 12.4. The van der Waals surface area contributed by atoms with Gasteiger partial charge in [0.05, 0.1) is 0 Å². The molecule has 0 aromatic rings. The molecule has 2 aliphatic rings. The van der Waals surface area contributed by atoms with Crippen LogP contribution in [0.25, 0.3) is 0 Å². The molecule has 19 heavy (non-hydrogen) atoms. The molecule has 4 nitrogen and oxygen atoms in total. The van der Waals surface area contributed by atoms with Crippen molar-refractivity contribution in [3.63, 3.8) is 0 Å². The van der Waals surface area contributed by atoms with Crippen LogP contribution in [0.1, 0.15) is 33.1 Å². The molecule has 110 valence electrons. The lowest BCUT2D eigenvalue weighted by Crippen LogP contribution is -2.48. The Bertz CT molecular complexity index is 311. The van der Waals surface area contributed by atoms with Crippen molar-refractivity contribution in [3.05, 3.63) is 0 Å². The number of nitrogens with one attached hydrogen (secondary N) is 2. The van der Waals surface area contributed by atoms with Crippen LogP contribution in [0.4, 0.5) is 0 Å². The second-order valence-corrected chi connectivity index (χ2v) is 6.89. The summed E-state index contributed by atoms with van der Waals surface area (Å²) in [6.45, 7) is 9.39. The van der Waals surface area contributed by atoms with Gasteiger partial charge in [0.2, 0.25) is 5.91 Å². The Labute approximate surface area is 117 Å². The van der Waals surface area contributed by atoms with Crippen molar-refractivity contribution < 1.29 is 4.79 Å². The van der Waals surface area contributed by atoms with Gasteiger partial charge in [-0.1, -0.05) is 13.8 Å². The van der Waals surface area contributed by atoms with Crippen molar-refractivity contribution in [3.8, 4) is 0 Å². The van der Waals surface area contributed by atoms with E-state index in [0.29, 0.717) is 11.8 Å². The van der Waals surface area contributed by atoms with Crippen LogP contribution in [-0.4, -0.2) is 50.6 Å². The molecule has 0 spiro atoms. The number of likely N-dealkylation sites (tertiary alicyclic amines) is 1. The van der Waals surface area contributed by atoms with E-state index in [-0.39, 0.29) is 11.3 Å². The molecule has 2 unspecified atom stereocenters. The van der Waals surface area contributed by atoms with Gasteiger partial charge in [-0.25, -0.2) is 0 Å². The first-order chi connectivity index (χ1) is 9.00. The molecule has 2 fully saturated rings. The molecule has 2 heterocycles. The van der Waals surface area contributed by atoms with E-state index in [4.69, 9.17) is 0 Å². The highest BCUT2D eigenvalue weighted by Gasteiger charge is 2.37. The fraction of sp³-hybridized carbons (Fsp3) is 0.933.